The first kappa shape index (κ1) is 14.4. The lowest BCUT2D eigenvalue weighted by molar-refractivity contribution is -0.384. The molecule has 1 atom stereocenters. The highest BCUT2D eigenvalue weighted by atomic mass is 16.6. The number of aromatic nitrogens is 2. The molecule has 1 aliphatic heterocycles. The van der Waals surface area contributed by atoms with Gasteiger partial charge in [-0.1, -0.05) is 0 Å². The summed E-state index contributed by atoms with van der Waals surface area (Å²) in [7, 11) is 0. The first-order valence-corrected chi connectivity index (χ1v) is 6.81. The fourth-order valence-corrected chi connectivity index (χ4v) is 2.11. The molecule has 0 spiro atoms. The first-order valence-electron chi connectivity index (χ1n) is 6.81. The average Bonchev–Trinajstić information content (AvgIpc) is 2.92. The molecule has 1 saturated heterocycles. The molecule has 0 aliphatic carbocycles. The van der Waals surface area contributed by atoms with Crippen molar-refractivity contribution in [1.29, 1.82) is 0 Å². The summed E-state index contributed by atoms with van der Waals surface area (Å²) in [5, 5.41) is 16.9. The van der Waals surface area contributed by atoms with Crippen molar-refractivity contribution in [3.8, 4) is 0 Å². The van der Waals surface area contributed by atoms with Gasteiger partial charge in [-0.05, 0) is 26.2 Å². The Kier molecular flexibility index (Phi) is 5.05. The molecule has 8 heteroatoms. The highest BCUT2D eigenvalue weighted by Crippen LogP contribution is 2.22. The Hall–Kier alpha value is -1.96. The van der Waals surface area contributed by atoms with E-state index in [1.807, 2.05) is 6.92 Å². The zero-order valence-electron chi connectivity index (χ0n) is 11.5. The van der Waals surface area contributed by atoms with Crippen molar-refractivity contribution in [2.24, 2.45) is 0 Å². The second kappa shape index (κ2) is 6.99. The summed E-state index contributed by atoms with van der Waals surface area (Å²) in [4.78, 5) is 18.5. The van der Waals surface area contributed by atoms with Crippen molar-refractivity contribution in [1.82, 2.24) is 9.97 Å². The molecule has 1 aromatic rings. The van der Waals surface area contributed by atoms with E-state index in [0.717, 1.165) is 25.9 Å². The Morgan fingerprint density at radius 2 is 2.40 bits per heavy atom. The quantitative estimate of drug-likeness (QED) is 0.580. The van der Waals surface area contributed by atoms with Crippen LogP contribution in [0.5, 0.6) is 0 Å². The van der Waals surface area contributed by atoms with Gasteiger partial charge in [0.25, 0.3) is 0 Å². The van der Waals surface area contributed by atoms with Crippen LogP contribution in [0.3, 0.4) is 0 Å². The second-order valence-corrected chi connectivity index (χ2v) is 4.57. The summed E-state index contributed by atoms with van der Waals surface area (Å²) in [6, 6.07) is 0. The Balaban J connectivity index is 1.98. The lowest BCUT2D eigenvalue weighted by atomic mass is 10.2. The Morgan fingerprint density at radius 3 is 3.05 bits per heavy atom. The molecule has 1 aliphatic rings. The molecule has 20 heavy (non-hydrogen) atoms. The van der Waals surface area contributed by atoms with Crippen LogP contribution in [0.25, 0.3) is 0 Å². The third-order valence-corrected chi connectivity index (χ3v) is 3.08. The summed E-state index contributed by atoms with van der Waals surface area (Å²) >= 11 is 0. The minimum atomic E-state index is -0.482. The third-order valence-electron chi connectivity index (χ3n) is 3.08. The fraction of sp³-hybridized carbons (Fsp3) is 0.667. The number of anilines is 2. The summed E-state index contributed by atoms with van der Waals surface area (Å²) in [6.07, 6.45) is 4.42. The van der Waals surface area contributed by atoms with Gasteiger partial charge in [0.15, 0.2) is 0 Å². The lowest BCUT2D eigenvalue weighted by Crippen LogP contribution is -2.15. The highest BCUT2D eigenvalue weighted by Gasteiger charge is 2.19. The van der Waals surface area contributed by atoms with Crippen LogP contribution < -0.4 is 10.6 Å². The van der Waals surface area contributed by atoms with Gasteiger partial charge in [-0.2, -0.15) is 4.98 Å². The van der Waals surface area contributed by atoms with Crippen molar-refractivity contribution < 1.29 is 9.66 Å². The Bertz CT molecular complexity index is 462. The SMILES string of the molecule is CCNc1ncc([N+](=O)[O-])c(NCCC2CCCO2)n1. The maximum atomic E-state index is 11.0. The predicted molar refractivity (Wildman–Crippen MR) is 74.9 cm³/mol. The largest absolute Gasteiger partial charge is 0.378 e. The maximum Gasteiger partial charge on any atom is 0.329 e. The number of nitrogens with zero attached hydrogens (tertiary/aromatic N) is 3. The van der Waals surface area contributed by atoms with Crippen LogP contribution >= 0.6 is 0 Å². The van der Waals surface area contributed by atoms with Crippen LogP contribution in [-0.4, -0.2) is 40.7 Å². The smallest absolute Gasteiger partial charge is 0.329 e. The van der Waals surface area contributed by atoms with E-state index in [-0.39, 0.29) is 17.6 Å². The molecule has 0 aromatic carbocycles. The molecule has 2 rings (SSSR count). The van der Waals surface area contributed by atoms with E-state index < -0.39 is 4.92 Å². The number of rotatable bonds is 7. The van der Waals surface area contributed by atoms with Crippen LogP contribution in [0.15, 0.2) is 6.20 Å². The highest BCUT2D eigenvalue weighted by molar-refractivity contribution is 5.56. The molecular weight excluding hydrogens is 262 g/mol. The van der Waals surface area contributed by atoms with E-state index in [2.05, 4.69) is 20.6 Å². The average molecular weight is 281 g/mol. The van der Waals surface area contributed by atoms with Crippen molar-refractivity contribution in [2.45, 2.75) is 32.3 Å². The second-order valence-electron chi connectivity index (χ2n) is 4.57. The molecule has 1 fully saturated rings. The standard InChI is InChI=1S/C12H19N5O3/c1-2-13-12-15-8-10(17(18)19)11(16-12)14-6-5-9-4-3-7-20-9/h8-9H,2-7H2,1H3,(H2,13,14,15,16). The van der Waals surface area contributed by atoms with Crippen LogP contribution in [-0.2, 0) is 4.74 Å². The van der Waals surface area contributed by atoms with E-state index >= 15 is 0 Å². The van der Waals surface area contributed by atoms with Crippen molar-refractivity contribution in [3.05, 3.63) is 16.3 Å². The van der Waals surface area contributed by atoms with Gasteiger partial charge in [-0.15, -0.1) is 0 Å². The molecule has 0 radical (unpaired) electrons. The van der Waals surface area contributed by atoms with E-state index in [0.29, 0.717) is 19.0 Å². The molecule has 110 valence electrons. The van der Waals surface area contributed by atoms with E-state index in [1.165, 1.54) is 6.20 Å². The number of hydrogen-bond acceptors (Lipinski definition) is 7. The number of ether oxygens (including phenoxy) is 1. The minimum Gasteiger partial charge on any atom is -0.378 e. The lowest BCUT2D eigenvalue weighted by Gasteiger charge is -2.11. The van der Waals surface area contributed by atoms with E-state index in [9.17, 15) is 10.1 Å². The van der Waals surface area contributed by atoms with Crippen molar-refractivity contribution >= 4 is 17.5 Å². The van der Waals surface area contributed by atoms with E-state index in [1.54, 1.807) is 0 Å². The maximum absolute atomic E-state index is 11.0. The fourth-order valence-electron chi connectivity index (χ4n) is 2.11. The van der Waals surface area contributed by atoms with Gasteiger partial charge in [-0.25, -0.2) is 4.98 Å². The molecule has 2 heterocycles. The zero-order valence-corrected chi connectivity index (χ0v) is 11.5. The topological polar surface area (TPSA) is 102 Å². The molecule has 1 unspecified atom stereocenters. The summed E-state index contributed by atoms with van der Waals surface area (Å²) in [5.41, 5.74) is -0.112. The van der Waals surface area contributed by atoms with Crippen molar-refractivity contribution in [2.75, 3.05) is 30.3 Å². The summed E-state index contributed by atoms with van der Waals surface area (Å²) in [5.74, 6) is 0.636. The van der Waals surface area contributed by atoms with Gasteiger partial charge >= 0.3 is 5.69 Å². The van der Waals surface area contributed by atoms with Crippen LogP contribution in [0, 0.1) is 10.1 Å². The van der Waals surface area contributed by atoms with Crippen LogP contribution in [0.4, 0.5) is 17.5 Å². The van der Waals surface area contributed by atoms with Gasteiger partial charge in [-0.3, -0.25) is 10.1 Å². The number of nitrogens with one attached hydrogen (secondary N) is 2. The van der Waals surface area contributed by atoms with Gasteiger partial charge in [0.1, 0.15) is 6.20 Å². The predicted octanol–water partition coefficient (Wildman–Crippen LogP) is 1.80. The summed E-state index contributed by atoms with van der Waals surface area (Å²) in [6.45, 7) is 3.97. The molecule has 0 bridgehead atoms. The van der Waals surface area contributed by atoms with Crippen LogP contribution in [0.2, 0.25) is 0 Å². The monoisotopic (exact) mass is 281 g/mol. The Morgan fingerprint density at radius 1 is 1.55 bits per heavy atom. The van der Waals surface area contributed by atoms with Gasteiger partial charge in [0, 0.05) is 19.7 Å². The number of nitro groups is 1. The molecule has 8 nitrogen and oxygen atoms in total. The molecule has 0 amide bonds. The molecule has 0 saturated carbocycles. The molecular formula is C12H19N5O3. The van der Waals surface area contributed by atoms with Crippen molar-refractivity contribution in [3.63, 3.8) is 0 Å². The first-order chi connectivity index (χ1) is 9.70. The normalized spacial score (nSPS) is 17.9. The summed E-state index contributed by atoms with van der Waals surface area (Å²) < 4.78 is 5.51. The van der Waals surface area contributed by atoms with Crippen LogP contribution in [0.1, 0.15) is 26.2 Å². The number of hydrogen-bond donors (Lipinski definition) is 2. The van der Waals surface area contributed by atoms with Gasteiger partial charge < -0.3 is 15.4 Å². The molecule has 1 aromatic heterocycles. The van der Waals surface area contributed by atoms with Gasteiger partial charge in [0.2, 0.25) is 11.8 Å². The molecule has 2 N–H and O–H groups in total. The zero-order chi connectivity index (χ0) is 14.4. The third kappa shape index (κ3) is 3.77. The van der Waals surface area contributed by atoms with Gasteiger partial charge in [0.05, 0.1) is 11.0 Å². The minimum absolute atomic E-state index is 0.112. The van der Waals surface area contributed by atoms with E-state index in [4.69, 9.17) is 4.74 Å². The Labute approximate surface area is 117 Å².